The number of nitrogens with zero attached hydrogens (tertiary/aromatic N) is 1. The Morgan fingerprint density at radius 3 is 2.24 bits per heavy atom. The molecule has 25 heavy (non-hydrogen) atoms. The largest absolute Gasteiger partial charge is 0.478 e. The Morgan fingerprint density at radius 2 is 1.72 bits per heavy atom. The molecule has 0 aromatic heterocycles. The summed E-state index contributed by atoms with van der Waals surface area (Å²) in [5.74, 6) is -2.76. The molecule has 0 aliphatic heterocycles. The summed E-state index contributed by atoms with van der Waals surface area (Å²) < 4.78 is 4.55. The number of carboxylic acids is 1. The van der Waals surface area contributed by atoms with Crippen molar-refractivity contribution in [3.63, 3.8) is 0 Å². The normalized spacial score (nSPS) is 9.96. The third-order valence-corrected chi connectivity index (χ3v) is 3.25. The highest BCUT2D eigenvalue weighted by molar-refractivity contribution is 6.11. The average molecular weight is 344 g/mol. The van der Waals surface area contributed by atoms with Crippen LogP contribution in [-0.4, -0.2) is 35.0 Å². The summed E-state index contributed by atoms with van der Waals surface area (Å²) >= 11 is 0. The molecule has 0 unspecified atom stereocenters. The van der Waals surface area contributed by atoms with Crippen molar-refractivity contribution < 1.29 is 29.2 Å². The number of amides is 1. The standard InChI is InChI=1S/C16H12N2O7/c1-25-16(22)9-2-4-10(5-3-9)17-14(19)12-7-6-11(18(23)24)8-13(12)15(20)21/h2-8H,1H3,(H,17,19)(H,20,21). The van der Waals surface area contributed by atoms with Gasteiger partial charge in [-0.1, -0.05) is 0 Å². The van der Waals surface area contributed by atoms with E-state index in [-0.39, 0.29) is 11.1 Å². The lowest BCUT2D eigenvalue weighted by atomic mass is 10.1. The quantitative estimate of drug-likeness (QED) is 0.482. The van der Waals surface area contributed by atoms with Gasteiger partial charge in [-0.05, 0) is 30.3 Å². The van der Waals surface area contributed by atoms with Crippen molar-refractivity contribution in [2.24, 2.45) is 0 Å². The Hall–Kier alpha value is -3.75. The van der Waals surface area contributed by atoms with Crippen molar-refractivity contribution in [3.8, 4) is 0 Å². The summed E-state index contributed by atoms with van der Waals surface area (Å²) in [6.07, 6.45) is 0. The van der Waals surface area contributed by atoms with E-state index in [1.807, 2.05) is 0 Å². The van der Waals surface area contributed by atoms with E-state index in [4.69, 9.17) is 5.11 Å². The second-order valence-electron chi connectivity index (χ2n) is 4.82. The first-order valence-corrected chi connectivity index (χ1v) is 6.85. The third-order valence-electron chi connectivity index (χ3n) is 3.25. The van der Waals surface area contributed by atoms with Crippen molar-refractivity contribution in [2.75, 3.05) is 12.4 Å². The predicted octanol–water partition coefficient (Wildman–Crippen LogP) is 2.33. The second kappa shape index (κ2) is 7.21. The van der Waals surface area contributed by atoms with Crippen LogP contribution in [0.1, 0.15) is 31.1 Å². The van der Waals surface area contributed by atoms with Crippen LogP contribution in [0.2, 0.25) is 0 Å². The van der Waals surface area contributed by atoms with Crippen LogP contribution in [0.5, 0.6) is 0 Å². The summed E-state index contributed by atoms with van der Waals surface area (Å²) in [7, 11) is 1.24. The number of carboxylic acid groups (broad SMARTS) is 1. The maximum atomic E-state index is 12.3. The zero-order valence-electron chi connectivity index (χ0n) is 12.9. The fourth-order valence-electron chi connectivity index (χ4n) is 2.03. The van der Waals surface area contributed by atoms with E-state index in [1.54, 1.807) is 0 Å². The van der Waals surface area contributed by atoms with E-state index in [1.165, 1.54) is 31.4 Å². The molecule has 0 saturated carbocycles. The van der Waals surface area contributed by atoms with Crippen LogP contribution in [0, 0.1) is 10.1 Å². The van der Waals surface area contributed by atoms with Gasteiger partial charge < -0.3 is 15.2 Å². The van der Waals surface area contributed by atoms with Crippen molar-refractivity contribution in [3.05, 3.63) is 69.3 Å². The molecular weight excluding hydrogens is 332 g/mol. The minimum absolute atomic E-state index is 0.227. The van der Waals surface area contributed by atoms with Gasteiger partial charge in [0, 0.05) is 17.8 Å². The highest BCUT2D eigenvalue weighted by Crippen LogP contribution is 2.20. The van der Waals surface area contributed by atoms with Crippen LogP contribution in [0.3, 0.4) is 0 Å². The molecular formula is C16H12N2O7. The molecule has 0 aliphatic carbocycles. The Kier molecular flexibility index (Phi) is 5.08. The number of anilines is 1. The number of nitro groups is 1. The fraction of sp³-hybridized carbons (Fsp3) is 0.0625. The number of nitrogens with one attached hydrogen (secondary N) is 1. The Balaban J connectivity index is 2.27. The van der Waals surface area contributed by atoms with Gasteiger partial charge in [-0.2, -0.15) is 0 Å². The summed E-state index contributed by atoms with van der Waals surface area (Å²) in [4.78, 5) is 44.8. The van der Waals surface area contributed by atoms with E-state index >= 15 is 0 Å². The second-order valence-corrected chi connectivity index (χ2v) is 4.82. The van der Waals surface area contributed by atoms with Crippen molar-refractivity contribution in [1.29, 1.82) is 0 Å². The molecule has 0 saturated heterocycles. The lowest BCUT2D eigenvalue weighted by Gasteiger charge is -2.08. The summed E-state index contributed by atoms with van der Waals surface area (Å²) in [6, 6.07) is 8.66. The molecule has 0 aliphatic rings. The van der Waals surface area contributed by atoms with Gasteiger partial charge in [0.1, 0.15) is 0 Å². The zero-order chi connectivity index (χ0) is 18.6. The fourth-order valence-corrected chi connectivity index (χ4v) is 2.03. The molecule has 0 atom stereocenters. The number of non-ortho nitro benzene ring substituents is 1. The molecule has 9 heteroatoms. The van der Waals surface area contributed by atoms with Crippen LogP contribution < -0.4 is 5.32 Å². The first-order valence-electron chi connectivity index (χ1n) is 6.85. The van der Waals surface area contributed by atoms with E-state index < -0.39 is 34.0 Å². The average Bonchev–Trinajstić information content (AvgIpc) is 2.60. The molecule has 2 aromatic rings. The highest BCUT2D eigenvalue weighted by atomic mass is 16.6. The first kappa shape index (κ1) is 17.6. The number of carbonyl (C=O) groups excluding carboxylic acids is 2. The molecule has 2 N–H and O–H groups in total. The summed E-state index contributed by atoms with van der Waals surface area (Å²) in [5.41, 5.74) is -0.557. The molecule has 0 fully saturated rings. The lowest BCUT2D eigenvalue weighted by Crippen LogP contribution is -2.16. The smallest absolute Gasteiger partial charge is 0.337 e. The number of methoxy groups -OCH3 is 1. The molecule has 0 heterocycles. The molecule has 2 aromatic carbocycles. The molecule has 2 rings (SSSR count). The molecule has 128 valence electrons. The van der Waals surface area contributed by atoms with E-state index in [2.05, 4.69) is 10.1 Å². The summed E-state index contributed by atoms with van der Waals surface area (Å²) in [6.45, 7) is 0. The number of aromatic carboxylic acids is 1. The van der Waals surface area contributed by atoms with Crippen LogP contribution in [0.25, 0.3) is 0 Å². The van der Waals surface area contributed by atoms with Crippen LogP contribution in [0.4, 0.5) is 11.4 Å². The number of rotatable bonds is 5. The minimum atomic E-state index is -1.46. The number of hydrogen-bond donors (Lipinski definition) is 2. The van der Waals surface area contributed by atoms with Gasteiger partial charge in [0.25, 0.3) is 11.6 Å². The third kappa shape index (κ3) is 3.96. The Labute approximate surface area is 141 Å². The maximum Gasteiger partial charge on any atom is 0.337 e. The Bertz CT molecular complexity index is 859. The van der Waals surface area contributed by atoms with Gasteiger partial charge in [-0.25, -0.2) is 9.59 Å². The number of benzene rings is 2. The lowest BCUT2D eigenvalue weighted by molar-refractivity contribution is -0.384. The van der Waals surface area contributed by atoms with Crippen molar-refractivity contribution in [2.45, 2.75) is 0 Å². The van der Waals surface area contributed by atoms with Crippen LogP contribution in [0.15, 0.2) is 42.5 Å². The predicted molar refractivity (Wildman–Crippen MR) is 85.8 cm³/mol. The number of ether oxygens (including phenoxy) is 1. The van der Waals surface area contributed by atoms with Crippen LogP contribution in [-0.2, 0) is 4.74 Å². The van der Waals surface area contributed by atoms with E-state index in [0.717, 1.165) is 18.2 Å². The van der Waals surface area contributed by atoms with Crippen molar-refractivity contribution in [1.82, 2.24) is 0 Å². The molecule has 0 radical (unpaired) electrons. The first-order chi connectivity index (χ1) is 11.8. The molecule has 0 spiro atoms. The van der Waals surface area contributed by atoms with Gasteiger partial charge in [-0.3, -0.25) is 14.9 Å². The van der Waals surface area contributed by atoms with Gasteiger partial charge in [0.05, 0.1) is 28.7 Å². The monoisotopic (exact) mass is 344 g/mol. The van der Waals surface area contributed by atoms with Gasteiger partial charge in [0.15, 0.2) is 0 Å². The minimum Gasteiger partial charge on any atom is -0.478 e. The molecule has 0 bridgehead atoms. The molecule has 1 amide bonds. The number of nitro benzene ring substituents is 1. The SMILES string of the molecule is COC(=O)c1ccc(NC(=O)c2ccc([N+](=O)[O-])cc2C(=O)O)cc1. The number of esters is 1. The zero-order valence-corrected chi connectivity index (χ0v) is 12.9. The topological polar surface area (TPSA) is 136 Å². The van der Waals surface area contributed by atoms with Crippen molar-refractivity contribution >= 4 is 29.2 Å². The van der Waals surface area contributed by atoms with E-state index in [9.17, 15) is 24.5 Å². The Morgan fingerprint density at radius 1 is 1.08 bits per heavy atom. The van der Waals surface area contributed by atoms with Gasteiger partial charge in [0.2, 0.25) is 0 Å². The van der Waals surface area contributed by atoms with Gasteiger partial charge >= 0.3 is 11.9 Å². The van der Waals surface area contributed by atoms with Crippen LogP contribution >= 0.6 is 0 Å². The number of hydrogen-bond acceptors (Lipinski definition) is 6. The molecule has 9 nitrogen and oxygen atoms in total. The van der Waals surface area contributed by atoms with E-state index in [0.29, 0.717) is 5.69 Å². The highest BCUT2D eigenvalue weighted by Gasteiger charge is 2.20. The number of carbonyl (C=O) groups is 3. The maximum absolute atomic E-state index is 12.3. The van der Waals surface area contributed by atoms with Gasteiger partial charge in [-0.15, -0.1) is 0 Å². The summed E-state index contributed by atoms with van der Waals surface area (Å²) in [5, 5.41) is 22.4.